The first-order valence-corrected chi connectivity index (χ1v) is 8.93. The Morgan fingerprint density at radius 3 is 2.67 bits per heavy atom. The van der Waals surface area contributed by atoms with Crippen LogP contribution in [0.4, 0.5) is 0 Å². The summed E-state index contributed by atoms with van der Waals surface area (Å²) in [6.45, 7) is 6.57. The molecule has 0 radical (unpaired) electrons. The highest BCUT2D eigenvalue weighted by Crippen LogP contribution is 2.25. The number of thiophene rings is 1. The molecule has 1 aromatic rings. The van der Waals surface area contributed by atoms with E-state index in [9.17, 15) is 9.59 Å². The van der Waals surface area contributed by atoms with Crippen LogP contribution in [0.3, 0.4) is 0 Å². The van der Waals surface area contributed by atoms with Crippen LogP contribution in [0.25, 0.3) is 0 Å². The Balaban J connectivity index is 2.19. The van der Waals surface area contributed by atoms with Gasteiger partial charge < -0.3 is 10.2 Å². The third-order valence-electron chi connectivity index (χ3n) is 3.62. The molecule has 2 amide bonds. The first kappa shape index (κ1) is 16.5. The van der Waals surface area contributed by atoms with Crippen molar-refractivity contribution in [2.75, 3.05) is 0 Å². The number of hydrogen-bond acceptors (Lipinski definition) is 3. The van der Waals surface area contributed by atoms with E-state index in [4.69, 9.17) is 0 Å². The van der Waals surface area contributed by atoms with Crippen molar-refractivity contribution in [1.29, 1.82) is 0 Å². The van der Waals surface area contributed by atoms with Gasteiger partial charge in [0.25, 0.3) is 0 Å². The van der Waals surface area contributed by atoms with Gasteiger partial charge in [0.15, 0.2) is 0 Å². The maximum atomic E-state index is 12.7. The molecule has 2 heterocycles. The molecule has 21 heavy (non-hydrogen) atoms. The molecule has 0 aliphatic carbocycles. The van der Waals surface area contributed by atoms with Crippen LogP contribution < -0.4 is 5.32 Å². The number of piperazine rings is 1. The summed E-state index contributed by atoms with van der Waals surface area (Å²) in [6, 6.07) is 1.26. The zero-order valence-electron chi connectivity index (χ0n) is 12.6. The lowest BCUT2D eigenvalue weighted by Gasteiger charge is -2.39. The summed E-state index contributed by atoms with van der Waals surface area (Å²) in [4.78, 5) is 27.8. The average Bonchev–Trinajstić information content (AvgIpc) is 2.80. The monoisotopic (exact) mass is 372 g/mol. The zero-order valence-corrected chi connectivity index (χ0v) is 15.0. The van der Waals surface area contributed by atoms with E-state index in [2.05, 4.69) is 35.1 Å². The Kier molecular flexibility index (Phi) is 5.43. The number of hydrogen-bond donors (Lipinski definition) is 1. The molecule has 0 saturated carbocycles. The molecule has 6 heteroatoms. The van der Waals surface area contributed by atoms with E-state index >= 15 is 0 Å². The Morgan fingerprint density at radius 2 is 2.14 bits per heavy atom. The summed E-state index contributed by atoms with van der Waals surface area (Å²) in [5.41, 5.74) is 0. The standard InChI is InChI=1S/C15H21BrN2O2S/c1-4-13-14(19)17-12(5-9(2)3)15(20)18(13)7-11-6-10(16)8-21-11/h6,8-9,12-13H,4-5,7H2,1-3H3,(H,17,19). The van der Waals surface area contributed by atoms with E-state index in [0.717, 1.165) is 9.35 Å². The molecule has 116 valence electrons. The highest BCUT2D eigenvalue weighted by atomic mass is 79.9. The number of nitrogens with zero attached hydrogens (tertiary/aromatic N) is 1. The Morgan fingerprint density at radius 1 is 1.43 bits per heavy atom. The third-order valence-corrected chi connectivity index (χ3v) is 5.30. The summed E-state index contributed by atoms with van der Waals surface area (Å²) in [6.07, 6.45) is 1.32. The van der Waals surface area contributed by atoms with Gasteiger partial charge in [-0.1, -0.05) is 20.8 Å². The molecule has 1 aliphatic rings. The van der Waals surface area contributed by atoms with Crippen LogP contribution in [0.15, 0.2) is 15.9 Å². The van der Waals surface area contributed by atoms with E-state index in [1.807, 2.05) is 18.4 Å². The van der Waals surface area contributed by atoms with Crippen molar-refractivity contribution in [3.05, 3.63) is 20.8 Å². The van der Waals surface area contributed by atoms with Gasteiger partial charge in [0.05, 0.1) is 6.54 Å². The summed E-state index contributed by atoms with van der Waals surface area (Å²) >= 11 is 5.03. The fourth-order valence-corrected chi connectivity index (χ4v) is 4.10. The molecule has 0 bridgehead atoms. The molecule has 2 unspecified atom stereocenters. The van der Waals surface area contributed by atoms with Crippen LogP contribution >= 0.6 is 27.3 Å². The van der Waals surface area contributed by atoms with Crippen molar-refractivity contribution < 1.29 is 9.59 Å². The van der Waals surface area contributed by atoms with E-state index in [1.54, 1.807) is 16.2 Å². The summed E-state index contributed by atoms with van der Waals surface area (Å²) in [5, 5.41) is 4.88. The second-order valence-electron chi connectivity index (χ2n) is 5.81. The lowest BCUT2D eigenvalue weighted by Crippen LogP contribution is -2.62. The number of nitrogens with one attached hydrogen (secondary N) is 1. The van der Waals surface area contributed by atoms with Crippen molar-refractivity contribution in [3.8, 4) is 0 Å². The molecule has 1 saturated heterocycles. The van der Waals surface area contributed by atoms with Crippen LogP contribution in [0.5, 0.6) is 0 Å². The van der Waals surface area contributed by atoms with Crippen LogP contribution in [0, 0.1) is 5.92 Å². The number of carbonyl (C=O) groups excluding carboxylic acids is 2. The normalized spacial score (nSPS) is 22.8. The molecule has 2 rings (SSSR count). The molecule has 1 aromatic heterocycles. The number of amides is 2. The summed E-state index contributed by atoms with van der Waals surface area (Å²) in [7, 11) is 0. The maximum Gasteiger partial charge on any atom is 0.246 e. The van der Waals surface area contributed by atoms with E-state index in [1.165, 1.54) is 0 Å². The minimum absolute atomic E-state index is 0.0293. The van der Waals surface area contributed by atoms with E-state index in [-0.39, 0.29) is 23.9 Å². The van der Waals surface area contributed by atoms with Crippen LogP contribution in [-0.4, -0.2) is 28.8 Å². The van der Waals surface area contributed by atoms with Crippen molar-refractivity contribution in [1.82, 2.24) is 10.2 Å². The molecule has 1 aliphatic heterocycles. The van der Waals surface area contributed by atoms with Gasteiger partial charge in [0.2, 0.25) is 11.8 Å². The SMILES string of the molecule is CCC1C(=O)NC(CC(C)C)C(=O)N1Cc1cc(Br)cs1. The van der Waals surface area contributed by atoms with Crippen LogP contribution in [0.2, 0.25) is 0 Å². The van der Waals surface area contributed by atoms with Gasteiger partial charge in [0, 0.05) is 14.7 Å². The van der Waals surface area contributed by atoms with Crippen molar-refractivity contribution >= 4 is 39.1 Å². The molecule has 4 nitrogen and oxygen atoms in total. The number of carbonyl (C=O) groups is 2. The summed E-state index contributed by atoms with van der Waals surface area (Å²) in [5.74, 6) is 0.383. The predicted octanol–water partition coefficient (Wildman–Crippen LogP) is 3.16. The Hall–Kier alpha value is -0.880. The second kappa shape index (κ2) is 6.92. The molecule has 1 fully saturated rings. The first-order chi connectivity index (χ1) is 9.92. The lowest BCUT2D eigenvalue weighted by molar-refractivity contribution is -0.150. The molecular weight excluding hydrogens is 352 g/mol. The topological polar surface area (TPSA) is 49.4 Å². The third kappa shape index (κ3) is 3.86. The van der Waals surface area contributed by atoms with Crippen molar-refractivity contribution in [2.24, 2.45) is 5.92 Å². The highest BCUT2D eigenvalue weighted by molar-refractivity contribution is 9.10. The zero-order chi connectivity index (χ0) is 15.6. The molecule has 0 aromatic carbocycles. The molecule has 1 N–H and O–H groups in total. The van der Waals surface area contributed by atoms with Crippen molar-refractivity contribution in [2.45, 2.75) is 52.2 Å². The second-order valence-corrected chi connectivity index (χ2v) is 7.72. The largest absolute Gasteiger partial charge is 0.342 e. The van der Waals surface area contributed by atoms with Crippen LogP contribution in [0.1, 0.15) is 38.5 Å². The Labute approximate surface area is 138 Å². The van der Waals surface area contributed by atoms with E-state index in [0.29, 0.717) is 25.3 Å². The average molecular weight is 373 g/mol. The van der Waals surface area contributed by atoms with Gasteiger partial charge in [0.1, 0.15) is 12.1 Å². The molecular formula is C15H21BrN2O2S. The van der Waals surface area contributed by atoms with Gasteiger partial charge >= 0.3 is 0 Å². The van der Waals surface area contributed by atoms with Gasteiger partial charge in [-0.2, -0.15) is 0 Å². The lowest BCUT2D eigenvalue weighted by atomic mass is 9.97. The minimum Gasteiger partial charge on any atom is -0.342 e. The van der Waals surface area contributed by atoms with Gasteiger partial charge in [-0.3, -0.25) is 9.59 Å². The fourth-order valence-electron chi connectivity index (χ4n) is 2.65. The van der Waals surface area contributed by atoms with Gasteiger partial charge in [-0.15, -0.1) is 11.3 Å². The maximum absolute atomic E-state index is 12.7. The molecule has 0 spiro atoms. The molecule has 2 atom stereocenters. The highest BCUT2D eigenvalue weighted by Gasteiger charge is 2.39. The van der Waals surface area contributed by atoms with E-state index < -0.39 is 0 Å². The minimum atomic E-state index is -0.385. The smallest absolute Gasteiger partial charge is 0.246 e. The Bertz CT molecular complexity index is 529. The van der Waals surface area contributed by atoms with Crippen LogP contribution in [-0.2, 0) is 16.1 Å². The van der Waals surface area contributed by atoms with Gasteiger partial charge in [-0.25, -0.2) is 0 Å². The van der Waals surface area contributed by atoms with Gasteiger partial charge in [-0.05, 0) is 40.8 Å². The number of rotatable bonds is 5. The summed E-state index contributed by atoms with van der Waals surface area (Å²) < 4.78 is 1.02. The van der Waals surface area contributed by atoms with Crippen molar-refractivity contribution in [3.63, 3.8) is 0 Å². The fraction of sp³-hybridized carbons (Fsp3) is 0.600. The first-order valence-electron chi connectivity index (χ1n) is 7.26. The quantitative estimate of drug-likeness (QED) is 0.862. The number of halogens is 1. The predicted molar refractivity (Wildman–Crippen MR) is 88.0 cm³/mol.